The zero-order valence-electron chi connectivity index (χ0n) is 10.6. The number of carbonyl (C=O) groups excluding carboxylic acids is 1. The minimum absolute atomic E-state index is 0.104. The van der Waals surface area contributed by atoms with E-state index in [0.717, 1.165) is 31.4 Å². The molecule has 7 heteroatoms. The monoisotopic (exact) mass is 350 g/mol. The van der Waals surface area contributed by atoms with E-state index in [0.29, 0.717) is 4.47 Å². The van der Waals surface area contributed by atoms with Crippen molar-refractivity contribution in [3.63, 3.8) is 0 Å². The van der Waals surface area contributed by atoms with Crippen molar-refractivity contribution < 1.29 is 18.0 Å². The SMILES string of the molecule is NC1(CC(=O)Nc2cc(C(F)(F)F)ccc2Br)CCC1. The van der Waals surface area contributed by atoms with E-state index >= 15 is 0 Å². The highest BCUT2D eigenvalue weighted by molar-refractivity contribution is 9.10. The maximum atomic E-state index is 12.6. The van der Waals surface area contributed by atoms with Gasteiger partial charge in [-0.15, -0.1) is 0 Å². The first-order chi connectivity index (χ1) is 9.20. The smallest absolute Gasteiger partial charge is 0.325 e. The minimum atomic E-state index is -4.44. The van der Waals surface area contributed by atoms with Gasteiger partial charge < -0.3 is 11.1 Å². The summed E-state index contributed by atoms with van der Waals surface area (Å²) in [6.45, 7) is 0. The number of nitrogens with one attached hydrogen (secondary N) is 1. The molecule has 0 heterocycles. The Balaban J connectivity index is 2.10. The number of halogens is 4. The summed E-state index contributed by atoms with van der Waals surface area (Å²) in [5.74, 6) is -0.368. The standard InChI is InChI=1S/C13H14BrF3N2O/c14-9-3-2-8(13(15,16)17)6-10(9)19-11(20)7-12(18)4-1-5-12/h2-3,6H,1,4-5,7,18H2,(H,19,20). The van der Waals surface area contributed by atoms with E-state index in [9.17, 15) is 18.0 Å². The van der Waals surface area contributed by atoms with Gasteiger partial charge in [0.1, 0.15) is 0 Å². The van der Waals surface area contributed by atoms with Gasteiger partial charge in [0.25, 0.3) is 0 Å². The molecule has 0 atom stereocenters. The van der Waals surface area contributed by atoms with E-state index in [1.54, 1.807) is 0 Å². The van der Waals surface area contributed by atoms with Gasteiger partial charge in [-0.05, 0) is 53.4 Å². The van der Waals surface area contributed by atoms with Gasteiger partial charge in [-0.3, -0.25) is 4.79 Å². The van der Waals surface area contributed by atoms with Gasteiger partial charge in [0, 0.05) is 16.4 Å². The molecule has 20 heavy (non-hydrogen) atoms. The van der Waals surface area contributed by atoms with E-state index in [2.05, 4.69) is 21.2 Å². The molecule has 2 rings (SSSR count). The van der Waals surface area contributed by atoms with Gasteiger partial charge in [0.05, 0.1) is 11.3 Å². The highest BCUT2D eigenvalue weighted by atomic mass is 79.9. The highest BCUT2D eigenvalue weighted by Crippen LogP contribution is 2.35. The van der Waals surface area contributed by atoms with Crippen molar-refractivity contribution in [3.8, 4) is 0 Å². The number of carbonyl (C=O) groups is 1. The third-order valence-corrected chi connectivity index (χ3v) is 4.12. The fourth-order valence-corrected chi connectivity index (χ4v) is 2.46. The molecule has 110 valence electrons. The molecule has 0 bridgehead atoms. The van der Waals surface area contributed by atoms with Crippen LogP contribution in [0.2, 0.25) is 0 Å². The molecule has 0 radical (unpaired) electrons. The molecule has 1 aliphatic rings. The topological polar surface area (TPSA) is 55.1 Å². The van der Waals surface area contributed by atoms with Crippen LogP contribution in [0, 0.1) is 0 Å². The minimum Gasteiger partial charge on any atom is -0.325 e. The van der Waals surface area contributed by atoms with E-state index < -0.39 is 17.3 Å². The summed E-state index contributed by atoms with van der Waals surface area (Å²) >= 11 is 3.12. The van der Waals surface area contributed by atoms with Crippen LogP contribution in [-0.2, 0) is 11.0 Å². The summed E-state index contributed by atoms with van der Waals surface area (Å²) < 4.78 is 38.3. The first-order valence-electron chi connectivity index (χ1n) is 6.15. The molecule has 1 aromatic carbocycles. The molecule has 0 aromatic heterocycles. The molecule has 1 aliphatic carbocycles. The Bertz CT molecular complexity index is 527. The van der Waals surface area contributed by atoms with Crippen LogP contribution in [0.3, 0.4) is 0 Å². The maximum Gasteiger partial charge on any atom is 0.416 e. The van der Waals surface area contributed by atoms with Crippen molar-refractivity contribution in [1.82, 2.24) is 0 Å². The van der Waals surface area contributed by atoms with Crippen molar-refractivity contribution in [3.05, 3.63) is 28.2 Å². The molecular weight excluding hydrogens is 337 g/mol. The van der Waals surface area contributed by atoms with Gasteiger partial charge in [-0.25, -0.2) is 0 Å². The Kier molecular flexibility index (Phi) is 4.11. The molecular formula is C13H14BrF3N2O. The van der Waals surface area contributed by atoms with Gasteiger partial charge >= 0.3 is 6.18 Å². The highest BCUT2D eigenvalue weighted by Gasteiger charge is 2.35. The number of nitrogens with two attached hydrogens (primary N) is 1. The molecule has 1 saturated carbocycles. The van der Waals surface area contributed by atoms with Crippen LogP contribution in [-0.4, -0.2) is 11.4 Å². The Morgan fingerprint density at radius 3 is 2.55 bits per heavy atom. The Hall–Kier alpha value is -1.08. The second kappa shape index (κ2) is 5.37. The third-order valence-electron chi connectivity index (χ3n) is 3.43. The number of hydrogen-bond donors (Lipinski definition) is 2. The molecule has 3 N–H and O–H groups in total. The molecule has 0 aliphatic heterocycles. The third kappa shape index (κ3) is 3.52. The summed E-state index contributed by atoms with van der Waals surface area (Å²) in [4.78, 5) is 11.8. The lowest BCUT2D eigenvalue weighted by molar-refractivity contribution is -0.137. The Morgan fingerprint density at radius 1 is 1.40 bits per heavy atom. The predicted octanol–water partition coefficient (Wildman–Crippen LogP) is 3.68. The number of amides is 1. The number of alkyl halides is 3. The number of benzene rings is 1. The summed E-state index contributed by atoms with van der Waals surface area (Å²) in [5, 5.41) is 2.48. The van der Waals surface area contributed by atoms with E-state index in [1.165, 1.54) is 6.07 Å². The average Bonchev–Trinajstić information content (AvgIpc) is 2.28. The first kappa shape index (κ1) is 15.3. The maximum absolute atomic E-state index is 12.6. The van der Waals surface area contributed by atoms with Crippen LogP contribution in [0.5, 0.6) is 0 Å². The predicted molar refractivity (Wildman–Crippen MR) is 73.2 cm³/mol. The normalized spacial score (nSPS) is 17.4. The van der Waals surface area contributed by atoms with Crippen molar-refractivity contribution in [2.75, 3.05) is 5.32 Å². The summed E-state index contributed by atoms with van der Waals surface area (Å²) in [6.07, 6.45) is -1.80. The van der Waals surface area contributed by atoms with Crippen LogP contribution < -0.4 is 11.1 Å². The lowest BCUT2D eigenvalue weighted by atomic mass is 9.75. The Morgan fingerprint density at radius 2 is 2.05 bits per heavy atom. The van der Waals surface area contributed by atoms with Crippen LogP contribution in [0.25, 0.3) is 0 Å². The van der Waals surface area contributed by atoms with E-state index in [1.807, 2.05) is 0 Å². The Labute approximate surface area is 122 Å². The quantitative estimate of drug-likeness (QED) is 0.873. The lowest BCUT2D eigenvalue weighted by Gasteiger charge is -2.37. The van der Waals surface area contributed by atoms with Gasteiger partial charge in [-0.2, -0.15) is 13.2 Å². The van der Waals surface area contributed by atoms with Gasteiger partial charge in [0.2, 0.25) is 5.91 Å². The zero-order chi connectivity index (χ0) is 15.0. The first-order valence-corrected chi connectivity index (χ1v) is 6.94. The average molecular weight is 351 g/mol. The molecule has 0 spiro atoms. The van der Waals surface area contributed by atoms with Crippen molar-refractivity contribution in [2.24, 2.45) is 5.73 Å². The number of rotatable bonds is 3. The van der Waals surface area contributed by atoms with Gasteiger partial charge in [0.15, 0.2) is 0 Å². The van der Waals surface area contributed by atoms with Crippen LogP contribution in [0.1, 0.15) is 31.2 Å². The van der Waals surface area contributed by atoms with Crippen LogP contribution in [0.4, 0.5) is 18.9 Å². The molecule has 3 nitrogen and oxygen atoms in total. The van der Waals surface area contributed by atoms with Crippen molar-refractivity contribution in [1.29, 1.82) is 0 Å². The molecule has 0 unspecified atom stereocenters. The largest absolute Gasteiger partial charge is 0.416 e. The summed E-state index contributed by atoms with van der Waals surface area (Å²) in [5.41, 5.74) is 4.74. The zero-order valence-corrected chi connectivity index (χ0v) is 12.1. The second-order valence-electron chi connectivity index (χ2n) is 5.13. The molecule has 1 fully saturated rings. The lowest BCUT2D eigenvalue weighted by Crippen LogP contribution is -2.48. The van der Waals surface area contributed by atoms with Gasteiger partial charge in [-0.1, -0.05) is 0 Å². The van der Waals surface area contributed by atoms with Crippen LogP contribution >= 0.6 is 15.9 Å². The summed E-state index contributed by atoms with van der Waals surface area (Å²) in [7, 11) is 0. The van der Waals surface area contributed by atoms with Crippen molar-refractivity contribution >= 4 is 27.5 Å². The fraction of sp³-hybridized carbons (Fsp3) is 0.462. The molecule has 1 amide bonds. The summed E-state index contributed by atoms with van der Waals surface area (Å²) in [6, 6.07) is 3.13. The molecule has 1 aromatic rings. The van der Waals surface area contributed by atoms with Crippen LogP contribution in [0.15, 0.2) is 22.7 Å². The second-order valence-corrected chi connectivity index (χ2v) is 5.99. The van der Waals surface area contributed by atoms with Crippen molar-refractivity contribution in [2.45, 2.75) is 37.4 Å². The number of anilines is 1. The molecule has 0 saturated heterocycles. The fourth-order valence-electron chi connectivity index (χ4n) is 2.12. The number of hydrogen-bond acceptors (Lipinski definition) is 2. The van der Waals surface area contributed by atoms with E-state index in [4.69, 9.17) is 5.73 Å². The van der Waals surface area contributed by atoms with E-state index in [-0.39, 0.29) is 18.0 Å².